The molecule has 0 aliphatic heterocycles. The third-order valence-electron chi connectivity index (χ3n) is 4.62. The average molecular weight is 406 g/mol. The molecule has 2 aromatic rings. The number of carbonyl (C=O) groups excluding carboxylic acids is 2. The summed E-state index contributed by atoms with van der Waals surface area (Å²) in [7, 11) is 2.92. The Kier molecular flexibility index (Phi) is 6.70. The second-order valence-corrected chi connectivity index (χ2v) is 6.71. The zero-order valence-corrected chi connectivity index (χ0v) is 16.6. The fourth-order valence-corrected chi connectivity index (χ4v) is 2.70. The predicted molar refractivity (Wildman–Crippen MR) is 102 cm³/mol. The number of methoxy groups -OCH3 is 1. The predicted octanol–water partition coefficient (Wildman–Crippen LogP) is 0.885. The van der Waals surface area contributed by atoms with Crippen molar-refractivity contribution in [3.05, 3.63) is 57.5 Å². The Bertz CT molecular complexity index is 960. The van der Waals surface area contributed by atoms with Gasteiger partial charge < -0.3 is 25.0 Å². The summed E-state index contributed by atoms with van der Waals surface area (Å²) in [5.41, 5.74) is -2.00. The lowest BCUT2D eigenvalue weighted by Crippen LogP contribution is -2.49. The minimum Gasteiger partial charge on any atom is -0.501 e. The van der Waals surface area contributed by atoms with Crippen LogP contribution < -0.4 is 10.9 Å². The number of hydrogen-bond acceptors (Lipinski definition) is 6. The SMILES string of the molecule is COCC(C)(c1nc(C(=O)NCc2ccc(F)cc2)c(O)c(=O)[nH]1)N(C)C(C)=O. The minimum absolute atomic E-state index is 0.0204. The van der Waals surface area contributed by atoms with Gasteiger partial charge in [-0.25, -0.2) is 9.37 Å². The van der Waals surface area contributed by atoms with E-state index in [-0.39, 0.29) is 24.9 Å². The van der Waals surface area contributed by atoms with E-state index in [1.54, 1.807) is 6.92 Å². The van der Waals surface area contributed by atoms with Gasteiger partial charge in [-0.05, 0) is 24.6 Å². The molecule has 1 aromatic carbocycles. The van der Waals surface area contributed by atoms with Crippen LogP contribution in [-0.4, -0.2) is 52.6 Å². The maximum Gasteiger partial charge on any atom is 0.294 e. The highest BCUT2D eigenvalue weighted by atomic mass is 19.1. The first-order valence-electron chi connectivity index (χ1n) is 8.70. The van der Waals surface area contributed by atoms with Gasteiger partial charge >= 0.3 is 0 Å². The number of benzene rings is 1. The largest absolute Gasteiger partial charge is 0.501 e. The van der Waals surface area contributed by atoms with Gasteiger partial charge in [0.05, 0.1) is 6.61 Å². The molecule has 2 rings (SSSR count). The highest BCUT2D eigenvalue weighted by molar-refractivity contribution is 5.94. The van der Waals surface area contributed by atoms with Crippen molar-refractivity contribution in [2.24, 2.45) is 0 Å². The molecule has 3 N–H and O–H groups in total. The molecule has 9 nitrogen and oxygen atoms in total. The van der Waals surface area contributed by atoms with Crippen LogP contribution in [0.2, 0.25) is 0 Å². The number of rotatable bonds is 7. The molecular formula is C19H23FN4O5. The van der Waals surface area contributed by atoms with Crippen LogP contribution in [0.5, 0.6) is 5.75 Å². The van der Waals surface area contributed by atoms with Crippen LogP contribution in [0.3, 0.4) is 0 Å². The van der Waals surface area contributed by atoms with Crippen LogP contribution in [0.4, 0.5) is 4.39 Å². The van der Waals surface area contributed by atoms with E-state index in [0.717, 1.165) is 0 Å². The molecule has 29 heavy (non-hydrogen) atoms. The first-order chi connectivity index (χ1) is 13.6. The molecule has 0 saturated heterocycles. The number of likely N-dealkylation sites (N-methyl/N-ethyl adjacent to an activating group) is 1. The molecule has 1 heterocycles. The van der Waals surface area contributed by atoms with E-state index in [1.807, 2.05) is 0 Å². The summed E-state index contributed by atoms with van der Waals surface area (Å²) in [4.78, 5) is 44.4. The monoisotopic (exact) mass is 406 g/mol. The van der Waals surface area contributed by atoms with Crippen molar-refractivity contribution in [1.29, 1.82) is 0 Å². The molecule has 0 aliphatic carbocycles. The number of H-pyrrole nitrogens is 1. The number of aromatic hydroxyl groups is 1. The van der Waals surface area contributed by atoms with Crippen LogP contribution in [0, 0.1) is 5.82 Å². The van der Waals surface area contributed by atoms with E-state index in [9.17, 15) is 23.9 Å². The molecule has 156 valence electrons. The number of carbonyl (C=O) groups is 2. The van der Waals surface area contributed by atoms with Gasteiger partial charge in [-0.1, -0.05) is 12.1 Å². The van der Waals surface area contributed by atoms with Gasteiger partial charge in [0, 0.05) is 27.6 Å². The van der Waals surface area contributed by atoms with Crippen LogP contribution in [0.1, 0.15) is 35.7 Å². The van der Waals surface area contributed by atoms with Crippen LogP contribution in [0.25, 0.3) is 0 Å². The topological polar surface area (TPSA) is 125 Å². The zero-order chi connectivity index (χ0) is 21.8. The normalized spacial score (nSPS) is 12.9. The highest BCUT2D eigenvalue weighted by Gasteiger charge is 2.37. The molecule has 0 saturated carbocycles. The number of halogens is 1. The molecular weight excluding hydrogens is 383 g/mol. The van der Waals surface area contributed by atoms with Gasteiger partial charge in [0.2, 0.25) is 11.7 Å². The van der Waals surface area contributed by atoms with Crippen molar-refractivity contribution < 1.29 is 23.8 Å². The molecule has 10 heteroatoms. The Balaban J connectivity index is 2.38. The van der Waals surface area contributed by atoms with Crippen molar-refractivity contribution in [2.45, 2.75) is 25.9 Å². The number of hydrogen-bond donors (Lipinski definition) is 3. The summed E-state index contributed by atoms with van der Waals surface area (Å²) in [6.45, 7) is 2.95. The van der Waals surface area contributed by atoms with E-state index in [4.69, 9.17) is 4.74 Å². The third kappa shape index (κ3) is 4.77. The number of amides is 2. The summed E-state index contributed by atoms with van der Waals surface area (Å²) in [6.07, 6.45) is 0. The lowest BCUT2D eigenvalue weighted by molar-refractivity contribution is -0.135. The van der Waals surface area contributed by atoms with E-state index in [2.05, 4.69) is 15.3 Å². The maximum atomic E-state index is 13.0. The summed E-state index contributed by atoms with van der Waals surface area (Å²) in [5, 5.41) is 12.6. The second-order valence-electron chi connectivity index (χ2n) is 6.71. The zero-order valence-electron chi connectivity index (χ0n) is 16.6. The smallest absolute Gasteiger partial charge is 0.294 e. The van der Waals surface area contributed by atoms with Crippen LogP contribution in [0.15, 0.2) is 29.1 Å². The molecule has 0 fully saturated rings. The van der Waals surface area contributed by atoms with Gasteiger partial charge in [-0.3, -0.25) is 14.4 Å². The molecule has 0 aliphatic rings. The average Bonchev–Trinajstić information content (AvgIpc) is 2.68. The van der Waals surface area contributed by atoms with Gasteiger partial charge in [-0.2, -0.15) is 0 Å². The van der Waals surface area contributed by atoms with E-state index in [0.29, 0.717) is 5.56 Å². The van der Waals surface area contributed by atoms with E-state index < -0.39 is 34.3 Å². The molecule has 1 unspecified atom stereocenters. The molecule has 1 atom stereocenters. The lowest BCUT2D eigenvalue weighted by Gasteiger charge is -2.36. The third-order valence-corrected chi connectivity index (χ3v) is 4.62. The van der Waals surface area contributed by atoms with Gasteiger partial charge in [0.15, 0.2) is 5.69 Å². The second kappa shape index (κ2) is 8.82. The fraction of sp³-hybridized carbons (Fsp3) is 0.368. The van der Waals surface area contributed by atoms with Crippen molar-refractivity contribution in [1.82, 2.24) is 20.2 Å². The minimum atomic E-state index is -1.20. The maximum absolute atomic E-state index is 13.0. The van der Waals surface area contributed by atoms with Crippen LogP contribution >= 0.6 is 0 Å². The number of nitrogens with zero attached hydrogens (tertiary/aromatic N) is 2. The summed E-state index contributed by atoms with van der Waals surface area (Å²) in [6, 6.07) is 5.47. The first kappa shape index (κ1) is 22.0. The lowest BCUT2D eigenvalue weighted by atomic mass is 10.00. The number of ether oxygens (including phenoxy) is 1. The van der Waals surface area contributed by atoms with Gasteiger partial charge in [-0.15, -0.1) is 0 Å². The Morgan fingerprint density at radius 1 is 1.34 bits per heavy atom. The Morgan fingerprint density at radius 2 is 1.97 bits per heavy atom. The highest BCUT2D eigenvalue weighted by Crippen LogP contribution is 2.25. The van der Waals surface area contributed by atoms with Crippen molar-refractivity contribution in [3.8, 4) is 5.75 Å². The molecule has 0 bridgehead atoms. The van der Waals surface area contributed by atoms with Crippen LogP contribution in [-0.2, 0) is 21.6 Å². The number of aromatic amines is 1. The molecule has 1 aromatic heterocycles. The summed E-state index contributed by atoms with van der Waals surface area (Å²) < 4.78 is 18.2. The van der Waals surface area contributed by atoms with Crippen molar-refractivity contribution >= 4 is 11.8 Å². The van der Waals surface area contributed by atoms with Crippen molar-refractivity contribution in [2.75, 3.05) is 20.8 Å². The summed E-state index contributed by atoms with van der Waals surface area (Å²) >= 11 is 0. The quantitative estimate of drug-likeness (QED) is 0.627. The Hall–Kier alpha value is -3.27. The summed E-state index contributed by atoms with van der Waals surface area (Å²) in [5.74, 6) is -2.40. The first-order valence-corrected chi connectivity index (χ1v) is 8.70. The van der Waals surface area contributed by atoms with E-state index >= 15 is 0 Å². The van der Waals surface area contributed by atoms with Gasteiger partial charge in [0.1, 0.15) is 17.2 Å². The van der Waals surface area contributed by atoms with E-state index in [1.165, 1.54) is 50.2 Å². The molecule has 2 amide bonds. The fourth-order valence-electron chi connectivity index (χ4n) is 2.70. The standard InChI is InChI=1S/C19H23FN4O5/c1-11(25)24(3)19(2,10-29-4)18-22-14(15(26)17(28)23-18)16(27)21-9-12-5-7-13(20)8-6-12/h5-8,26H,9-10H2,1-4H3,(H,21,27)(H,22,23,28). The number of nitrogens with one attached hydrogen (secondary N) is 2. The Labute approximate surface area is 166 Å². The molecule has 0 spiro atoms. The number of aromatic nitrogens is 2. The molecule has 0 radical (unpaired) electrons. The van der Waals surface area contributed by atoms with Crippen molar-refractivity contribution in [3.63, 3.8) is 0 Å². The Morgan fingerprint density at radius 3 is 2.52 bits per heavy atom. The van der Waals surface area contributed by atoms with Gasteiger partial charge in [0.25, 0.3) is 11.5 Å².